The van der Waals surface area contributed by atoms with Gasteiger partial charge in [0.2, 0.25) is 0 Å². The van der Waals surface area contributed by atoms with Gasteiger partial charge in [-0.3, -0.25) is 14.9 Å². The average Bonchev–Trinajstić information content (AvgIpc) is 2.20. The maximum Gasteiger partial charge on any atom is 0.280 e. The molecule has 0 atom stereocenters. The van der Waals surface area contributed by atoms with E-state index in [0.717, 1.165) is 0 Å². The van der Waals surface area contributed by atoms with E-state index in [-0.39, 0.29) is 22.4 Å². The predicted molar refractivity (Wildman–Crippen MR) is 61.0 cm³/mol. The van der Waals surface area contributed by atoms with Gasteiger partial charge >= 0.3 is 0 Å². The lowest BCUT2D eigenvalue weighted by molar-refractivity contribution is -0.385. The fourth-order valence-corrected chi connectivity index (χ4v) is 1.68. The van der Waals surface area contributed by atoms with Crippen LogP contribution in [0.25, 0.3) is 0 Å². The summed E-state index contributed by atoms with van der Waals surface area (Å²) in [6.07, 6.45) is 0. The van der Waals surface area contributed by atoms with E-state index in [1.807, 2.05) is 0 Å². The van der Waals surface area contributed by atoms with Crippen molar-refractivity contribution in [1.29, 1.82) is 0 Å². The summed E-state index contributed by atoms with van der Waals surface area (Å²) in [4.78, 5) is 21.6. The molecule has 1 aromatic rings. The van der Waals surface area contributed by atoms with E-state index in [9.17, 15) is 14.9 Å². The van der Waals surface area contributed by atoms with E-state index >= 15 is 0 Å². The maximum atomic E-state index is 11.5. The van der Waals surface area contributed by atoms with Crippen LogP contribution in [0.4, 0.5) is 5.69 Å². The average molecular weight is 293 g/mol. The Morgan fingerprint density at radius 1 is 1.60 bits per heavy atom. The topological polar surface area (TPSA) is 60.2 Å². The molecule has 1 rings (SSSR count). The molecule has 0 aliphatic carbocycles. The largest absolute Gasteiger partial charge is 0.293 e. The van der Waals surface area contributed by atoms with Crippen LogP contribution in [0.1, 0.15) is 15.9 Å². The number of ketones is 1. The summed E-state index contributed by atoms with van der Waals surface area (Å²) in [5.74, 6) is -0.346. The molecule has 0 heterocycles. The van der Waals surface area contributed by atoms with Gasteiger partial charge in [-0.1, -0.05) is 27.5 Å². The Morgan fingerprint density at radius 3 is 2.67 bits per heavy atom. The first-order valence-electron chi connectivity index (χ1n) is 4.01. The Balaban J connectivity index is 3.48. The Morgan fingerprint density at radius 2 is 2.20 bits per heavy atom. The smallest absolute Gasteiger partial charge is 0.280 e. The number of rotatable bonds is 3. The first kappa shape index (κ1) is 12.1. The molecule has 0 bridgehead atoms. The van der Waals surface area contributed by atoms with Crippen molar-refractivity contribution in [1.82, 2.24) is 0 Å². The molecule has 0 aliphatic heterocycles. The van der Waals surface area contributed by atoms with Gasteiger partial charge in [0.15, 0.2) is 5.78 Å². The molecule has 80 valence electrons. The van der Waals surface area contributed by atoms with E-state index in [1.54, 1.807) is 6.92 Å². The highest BCUT2D eigenvalue weighted by Crippen LogP contribution is 2.28. The summed E-state index contributed by atoms with van der Waals surface area (Å²) in [7, 11) is 0. The van der Waals surface area contributed by atoms with Gasteiger partial charge in [0.05, 0.1) is 10.3 Å². The summed E-state index contributed by atoms with van der Waals surface area (Å²) in [6.45, 7) is 1.59. The van der Waals surface area contributed by atoms with Crippen LogP contribution in [-0.2, 0) is 0 Å². The lowest BCUT2D eigenvalue weighted by Crippen LogP contribution is -2.07. The molecule has 6 heteroatoms. The molecule has 0 amide bonds. The Bertz CT molecular complexity index is 434. The van der Waals surface area contributed by atoms with E-state index < -0.39 is 4.92 Å². The molecule has 0 aromatic heterocycles. The molecule has 0 saturated heterocycles. The van der Waals surface area contributed by atoms with Crippen molar-refractivity contribution in [3.63, 3.8) is 0 Å². The molecule has 0 unspecified atom stereocenters. The number of benzene rings is 1. The number of halogens is 2. The molecule has 4 nitrogen and oxygen atoms in total. The van der Waals surface area contributed by atoms with Crippen LogP contribution >= 0.6 is 27.5 Å². The second kappa shape index (κ2) is 4.72. The molecule has 0 fully saturated rings. The van der Waals surface area contributed by atoms with Gasteiger partial charge in [-0.25, -0.2) is 0 Å². The molecule has 0 spiro atoms. The van der Waals surface area contributed by atoms with Crippen molar-refractivity contribution in [2.45, 2.75) is 6.92 Å². The van der Waals surface area contributed by atoms with Gasteiger partial charge < -0.3 is 0 Å². The third-order valence-corrected chi connectivity index (χ3v) is 2.89. The van der Waals surface area contributed by atoms with E-state index in [2.05, 4.69) is 15.9 Å². The summed E-state index contributed by atoms with van der Waals surface area (Å²) in [5.41, 5.74) is 0.307. The summed E-state index contributed by atoms with van der Waals surface area (Å²) < 4.78 is 0. The number of carbonyl (C=O) groups is 1. The minimum absolute atomic E-state index is 0.0367. The van der Waals surface area contributed by atoms with Crippen molar-refractivity contribution >= 4 is 39.0 Å². The standard InChI is InChI=1S/C9H7BrClNO3/c1-5-6(11)2-3-7(12(14)15)9(5)8(13)4-10/h2-3H,4H2,1H3. The number of alkyl halides is 1. The van der Waals surface area contributed by atoms with Crippen molar-refractivity contribution in [3.8, 4) is 0 Å². The highest BCUT2D eigenvalue weighted by molar-refractivity contribution is 9.09. The number of hydrogen-bond donors (Lipinski definition) is 0. The molecule has 1 aromatic carbocycles. The molecule has 0 radical (unpaired) electrons. The highest BCUT2D eigenvalue weighted by Gasteiger charge is 2.22. The van der Waals surface area contributed by atoms with E-state index in [1.165, 1.54) is 12.1 Å². The van der Waals surface area contributed by atoms with Gasteiger partial charge in [-0.05, 0) is 18.6 Å². The lowest BCUT2D eigenvalue weighted by Gasteiger charge is -2.05. The first-order valence-corrected chi connectivity index (χ1v) is 5.51. The molecular formula is C9H7BrClNO3. The zero-order valence-electron chi connectivity index (χ0n) is 7.79. The Kier molecular flexibility index (Phi) is 3.82. The van der Waals surface area contributed by atoms with Gasteiger partial charge in [-0.2, -0.15) is 0 Å². The van der Waals surface area contributed by atoms with Crippen molar-refractivity contribution < 1.29 is 9.72 Å². The summed E-state index contributed by atoms with van der Waals surface area (Å²) in [5, 5.41) is 11.1. The zero-order chi connectivity index (χ0) is 11.6. The molecule has 15 heavy (non-hydrogen) atoms. The predicted octanol–water partition coefficient (Wildman–Crippen LogP) is 3.13. The van der Waals surface area contributed by atoms with Gasteiger partial charge in [-0.15, -0.1) is 0 Å². The van der Waals surface area contributed by atoms with Crippen LogP contribution in [0.2, 0.25) is 5.02 Å². The molecule has 0 saturated carbocycles. The number of nitrogens with zero attached hydrogens (tertiary/aromatic N) is 1. The monoisotopic (exact) mass is 291 g/mol. The van der Waals surface area contributed by atoms with Crippen molar-refractivity contribution in [2.24, 2.45) is 0 Å². The van der Waals surface area contributed by atoms with Gasteiger partial charge in [0.25, 0.3) is 5.69 Å². The van der Waals surface area contributed by atoms with Crippen LogP contribution < -0.4 is 0 Å². The number of Topliss-reactive ketones (excluding diaryl/α,β-unsaturated/α-hetero) is 1. The van der Waals surface area contributed by atoms with Crippen LogP contribution in [0, 0.1) is 17.0 Å². The fraction of sp³-hybridized carbons (Fsp3) is 0.222. The highest BCUT2D eigenvalue weighted by atomic mass is 79.9. The minimum atomic E-state index is -0.584. The zero-order valence-corrected chi connectivity index (χ0v) is 10.1. The SMILES string of the molecule is Cc1c(Cl)ccc([N+](=O)[O-])c1C(=O)CBr. The lowest BCUT2D eigenvalue weighted by atomic mass is 10.0. The van der Waals surface area contributed by atoms with Crippen LogP contribution in [0.5, 0.6) is 0 Å². The number of nitro groups is 1. The maximum absolute atomic E-state index is 11.5. The number of hydrogen-bond acceptors (Lipinski definition) is 3. The molecule has 0 N–H and O–H groups in total. The quantitative estimate of drug-likeness (QED) is 0.372. The molecule has 0 aliphatic rings. The van der Waals surface area contributed by atoms with E-state index in [0.29, 0.717) is 10.6 Å². The Hall–Kier alpha value is -0.940. The summed E-state index contributed by atoms with van der Waals surface area (Å²) in [6, 6.07) is 2.66. The third kappa shape index (κ3) is 2.35. The second-order valence-corrected chi connectivity index (χ2v) is 3.85. The minimum Gasteiger partial charge on any atom is -0.293 e. The normalized spacial score (nSPS) is 10.1. The number of nitro benzene ring substituents is 1. The van der Waals surface area contributed by atoms with Crippen LogP contribution in [0.15, 0.2) is 12.1 Å². The fourth-order valence-electron chi connectivity index (χ4n) is 1.24. The van der Waals surface area contributed by atoms with Crippen LogP contribution in [0.3, 0.4) is 0 Å². The second-order valence-electron chi connectivity index (χ2n) is 2.88. The van der Waals surface area contributed by atoms with Crippen molar-refractivity contribution in [2.75, 3.05) is 5.33 Å². The molecular weight excluding hydrogens is 285 g/mol. The third-order valence-electron chi connectivity index (χ3n) is 1.97. The first-order chi connectivity index (χ1) is 6.99. The van der Waals surface area contributed by atoms with E-state index in [4.69, 9.17) is 11.6 Å². The Labute approximate surface area is 99.5 Å². The summed E-state index contributed by atoms with van der Waals surface area (Å²) >= 11 is 8.78. The van der Waals surface area contributed by atoms with Gasteiger partial charge in [0.1, 0.15) is 5.56 Å². The van der Waals surface area contributed by atoms with Crippen LogP contribution in [-0.4, -0.2) is 16.0 Å². The number of carbonyl (C=O) groups excluding carboxylic acids is 1. The van der Waals surface area contributed by atoms with Crippen molar-refractivity contribution in [3.05, 3.63) is 38.4 Å². The van der Waals surface area contributed by atoms with Gasteiger partial charge in [0, 0.05) is 11.1 Å².